The molecule has 3 heterocycles. The molecular formula is C24H14F3N5O2S. The number of carbonyl (C=O) groups excluding carboxylic acids is 1. The van der Waals surface area contributed by atoms with E-state index in [9.17, 15) is 18.0 Å². The van der Waals surface area contributed by atoms with Crippen LogP contribution >= 0.6 is 11.3 Å². The van der Waals surface area contributed by atoms with E-state index in [-0.39, 0.29) is 10.9 Å². The van der Waals surface area contributed by atoms with Gasteiger partial charge in [0.25, 0.3) is 5.91 Å². The van der Waals surface area contributed by atoms with Crippen LogP contribution in [0.3, 0.4) is 0 Å². The van der Waals surface area contributed by atoms with Crippen molar-refractivity contribution in [2.45, 2.75) is 6.36 Å². The maximum atomic E-state index is 13.9. The number of hydrogen-bond donors (Lipinski definition) is 0. The topological polar surface area (TPSA) is 81.1 Å². The molecule has 35 heavy (non-hydrogen) atoms. The predicted molar refractivity (Wildman–Crippen MR) is 124 cm³/mol. The Morgan fingerprint density at radius 1 is 0.914 bits per heavy atom. The van der Waals surface area contributed by atoms with Crippen LogP contribution < -0.4 is 9.64 Å². The number of alkyl halides is 3. The summed E-state index contributed by atoms with van der Waals surface area (Å²) in [5, 5.41) is 9.52. The van der Waals surface area contributed by atoms with E-state index in [1.807, 2.05) is 0 Å². The molecule has 0 spiro atoms. The van der Waals surface area contributed by atoms with Crippen molar-refractivity contribution in [3.8, 4) is 16.3 Å². The predicted octanol–water partition coefficient (Wildman–Crippen LogP) is 6.03. The maximum Gasteiger partial charge on any atom is 0.573 e. The number of carbonyl (C=O) groups is 1. The van der Waals surface area contributed by atoms with E-state index < -0.39 is 18.0 Å². The average Bonchev–Trinajstić information content (AvgIpc) is 3.34. The maximum absolute atomic E-state index is 13.9. The minimum Gasteiger partial charge on any atom is -0.406 e. The van der Waals surface area contributed by atoms with Crippen LogP contribution in [0.1, 0.15) is 10.4 Å². The Kier molecular flexibility index (Phi) is 5.83. The summed E-state index contributed by atoms with van der Waals surface area (Å²) in [5.74, 6) is -0.959. The molecule has 0 N–H and O–H groups in total. The molecule has 0 fully saturated rings. The molecule has 5 rings (SSSR count). The van der Waals surface area contributed by atoms with Crippen LogP contribution in [0.5, 0.6) is 5.75 Å². The van der Waals surface area contributed by atoms with Gasteiger partial charge < -0.3 is 4.74 Å². The fraction of sp³-hybridized carbons (Fsp3) is 0.0417. The molecule has 11 heteroatoms. The van der Waals surface area contributed by atoms with Gasteiger partial charge >= 0.3 is 6.36 Å². The molecule has 0 aliphatic heterocycles. The zero-order valence-electron chi connectivity index (χ0n) is 17.7. The third kappa shape index (κ3) is 4.80. The van der Waals surface area contributed by atoms with Gasteiger partial charge in [-0.25, -0.2) is 0 Å². The van der Waals surface area contributed by atoms with Crippen molar-refractivity contribution >= 4 is 39.0 Å². The first kappa shape index (κ1) is 22.4. The van der Waals surface area contributed by atoms with Crippen LogP contribution in [0.25, 0.3) is 21.5 Å². The second-order valence-electron chi connectivity index (χ2n) is 7.19. The number of nitrogens with zero attached hydrogens (tertiary/aromatic N) is 5. The number of benzene rings is 2. The van der Waals surface area contributed by atoms with Gasteiger partial charge in [-0.15, -0.1) is 23.4 Å². The molecule has 0 saturated carbocycles. The van der Waals surface area contributed by atoms with E-state index in [2.05, 4.69) is 24.9 Å². The van der Waals surface area contributed by atoms with Crippen LogP contribution in [0.4, 0.5) is 24.0 Å². The highest BCUT2D eigenvalue weighted by molar-refractivity contribution is 7.18. The molecule has 1 amide bonds. The van der Waals surface area contributed by atoms with E-state index >= 15 is 0 Å². The van der Waals surface area contributed by atoms with Crippen molar-refractivity contribution < 1.29 is 22.7 Å². The van der Waals surface area contributed by atoms with Gasteiger partial charge in [0, 0.05) is 29.5 Å². The van der Waals surface area contributed by atoms with Crippen molar-refractivity contribution in [1.29, 1.82) is 0 Å². The van der Waals surface area contributed by atoms with Gasteiger partial charge in [0.2, 0.25) is 5.13 Å². The molecule has 3 aromatic heterocycles. The van der Waals surface area contributed by atoms with Crippen molar-refractivity contribution in [3.05, 3.63) is 90.9 Å². The van der Waals surface area contributed by atoms with Crippen molar-refractivity contribution in [1.82, 2.24) is 20.2 Å². The lowest BCUT2D eigenvalue weighted by Gasteiger charge is -2.20. The lowest BCUT2D eigenvalue weighted by atomic mass is 10.1. The molecule has 0 atom stereocenters. The van der Waals surface area contributed by atoms with E-state index in [1.54, 1.807) is 54.9 Å². The van der Waals surface area contributed by atoms with Crippen LogP contribution in [-0.2, 0) is 0 Å². The number of anilines is 2. The third-order valence-electron chi connectivity index (χ3n) is 4.93. The fourth-order valence-corrected chi connectivity index (χ4v) is 4.31. The first-order valence-corrected chi connectivity index (χ1v) is 11.0. The second kappa shape index (κ2) is 9.11. The number of para-hydroxylation sites is 1. The van der Waals surface area contributed by atoms with Gasteiger partial charge in [0.1, 0.15) is 10.8 Å². The lowest BCUT2D eigenvalue weighted by molar-refractivity contribution is -0.274. The average molecular weight is 493 g/mol. The molecule has 7 nitrogen and oxygen atoms in total. The normalized spacial score (nSPS) is 11.4. The molecule has 0 aliphatic carbocycles. The monoisotopic (exact) mass is 493 g/mol. The minimum absolute atomic E-state index is 0.132. The van der Waals surface area contributed by atoms with E-state index in [0.29, 0.717) is 21.3 Å². The fourth-order valence-electron chi connectivity index (χ4n) is 3.44. The standard InChI is InChI=1S/C24H14F3N5O2S/c25-24(26,27)34-17-6-7-20-19(14-17)18(10-13-29-20)22(33)32(16-4-2-1-3-5-16)23-31-30-21(35-23)15-8-11-28-12-9-15/h1-14H. The van der Waals surface area contributed by atoms with Gasteiger partial charge in [-0.05, 0) is 48.5 Å². The molecular weight excluding hydrogens is 479 g/mol. The van der Waals surface area contributed by atoms with Crippen molar-refractivity contribution in [3.63, 3.8) is 0 Å². The van der Waals surface area contributed by atoms with Gasteiger partial charge in [-0.3, -0.25) is 19.7 Å². The number of halogens is 3. The number of hydrogen-bond acceptors (Lipinski definition) is 7. The van der Waals surface area contributed by atoms with Gasteiger partial charge in [-0.2, -0.15) is 0 Å². The lowest BCUT2D eigenvalue weighted by Crippen LogP contribution is -2.26. The molecule has 174 valence electrons. The summed E-state index contributed by atoms with van der Waals surface area (Å²) in [7, 11) is 0. The van der Waals surface area contributed by atoms with Crippen LogP contribution in [0.2, 0.25) is 0 Å². The summed E-state index contributed by atoms with van der Waals surface area (Å²) in [5.41, 5.74) is 1.77. The number of amides is 1. The number of pyridine rings is 2. The smallest absolute Gasteiger partial charge is 0.406 e. The summed E-state index contributed by atoms with van der Waals surface area (Å²) in [6.07, 6.45) is -0.196. The van der Waals surface area contributed by atoms with Gasteiger partial charge in [0.15, 0.2) is 0 Å². The highest BCUT2D eigenvalue weighted by atomic mass is 32.1. The molecule has 0 unspecified atom stereocenters. The first-order chi connectivity index (χ1) is 16.9. The number of rotatable bonds is 5. The highest BCUT2D eigenvalue weighted by Gasteiger charge is 2.31. The first-order valence-electron chi connectivity index (χ1n) is 10.2. The molecule has 2 aromatic carbocycles. The Labute approximate surface area is 200 Å². The Hall–Kier alpha value is -4.38. The van der Waals surface area contributed by atoms with E-state index in [1.165, 1.54) is 34.6 Å². The second-order valence-corrected chi connectivity index (χ2v) is 8.14. The number of fused-ring (bicyclic) bond motifs is 1. The molecule has 0 bridgehead atoms. The Morgan fingerprint density at radius 3 is 2.43 bits per heavy atom. The Bertz CT molecular complexity index is 1490. The van der Waals surface area contributed by atoms with E-state index in [0.717, 1.165) is 17.7 Å². The zero-order chi connectivity index (χ0) is 24.4. The van der Waals surface area contributed by atoms with E-state index in [4.69, 9.17) is 0 Å². The third-order valence-corrected chi connectivity index (χ3v) is 5.88. The van der Waals surface area contributed by atoms with Crippen LogP contribution in [0, 0.1) is 0 Å². The summed E-state index contributed by atoms with van der Waals surface area (Å²) in [6, 6.07) is 17.5. The molecule has 0 saturated heterocycles. The summed E-state index contributed by atoms with van der Waals surface area (Å²) in [4.78, 5) is 23.4. The SMILES string of the molecule is O=C(c1ccnc2ccc(OC(F)(F)F)cc12)N(c1ccccc1)c1nnc(-c2ccncc2)s1. The summed E-state index contributed by atoms with van der Waals surface area (Å²) in [6.45, 7) is 0. The zero-order valence-corrected chi connectivity index (χ0v) is 18.5. The quantitative estimate of drug-likeness (QED) is 0.298. The Balaban J connectivity index is 1.61. The molecule has 5 aromatic rings. The van der Waals surface area contributed by atoms with Crippen LogP contribution in [0.15, 0.2) is 85.3 Å². The summed E-state index contributed by atoms with van der Waals surface area (Å²) < 4.78 is 42.4. The van der Waals surface area contributed by atoms with Crippen molar-refractivity contribution in [2.24, 2.45) is 0 Å². The van der Waals surface area contributed by atoms with Crippen molar-refractivity contribution in [2.75, 3.05) is 4.90 Å². The number of ether oxygens (including phenoxy) is 1. The van der Waals surface area contributed by atoms with Crippen LogP contribution in [-0.4, -0.2) is 32.4 Å². The Morgan fingerprint density at radius 2 is 1.69 bits per heavy atom. The highest BCUT2D eigenvalue weighted by Crippen LogP contribution is 2.35. The number of aromatic nitrogens is 4. The molecule has 0 aliphatic rings. The summed E-state index contributed by atoms with van der Waals surface area (Å²) >= 11 is 1.19. The van der Waals surface area contributed by atoms with Gasteiger partial charge in [0.05, 0.1) is 16.8 Å². The van der Waals surface area contributed by atoms with Gasteiger partial charge in [-0.1, -0.05) is 29.5 Å². The largest absolute Gasteiger partial charge is 0.573 e. The minimum atomic E-state index is -4.87. The molecule has 0 radical (unpaired) electrons.